The first-order valence-electron chi connectivity index (χ1n) is 5.88. The number of nitrogen functional groups attached to an aromatic ring is 1. The summed E-state index contributed by atoms with van der Waals surface area (Å²) in [5, 5.41) is 7.30. The standard InChI is InChI=1S/C13H18FN3/c1-17(7-9-5-6-9)8-10-3-2-4-11(12(10)14)13(15)16/h2-4,9H,5-8H2,1H3,(H3,15,16). The van der Waals surface area contributed by atoms with Gasteiger partial charge in [0.1, 0.15) is 11.7 Å². The van der Waals surface area contributed by atoms with Crippen molar-refractivity contribution < 1.29 is 4.39 Å². The predicted molar refractivity (Wildman–Crippen MR) is 66.5 cm³/mol. The maximum absolute atomic E-state index is 14.0. The zero-order chi connectivity index (χ0) is 12.4. The van der Waals surface area contributed by atoms with E-state index in [1.54, 1.807) is 18.2 Å². The molecule has 0 amide bonds. The Morgan fingerprint density at radius 2 is 2.24 bits per heavy atom. The van der Waals surface area contributed by atoms with Crippen LogP contribution >= 0.6 is 0 Å². The fourth-order valence-corrected chi connectivity index (χ4v) is 2.01. The SMILES string of the molecule is CN(Cc1cccc(C(=N)N)c1F)CC1CC1. The van der Waals surface area contributed by atoms with Crippen LogP contribution in [0.1, 0.15) is 24.0 Å². The lowest BCUT2D eigenvalue weighted by Gasteiger charge is -2.17. The minimum atomic E-state index is -0.359. The summed E-state index contributed by atoms with van der Waals surface area (Å²) in [4.78, 5) is 2.12. The summed E-state index contributed by atoms with van der Waals surface area (Å²) in [7, 11) is 2.00. The van der Waals surface area contributed by atoms with Gasteiger partial charge in [-0.1, -0.05) is 12.1 Å². The molecule has 17 heavy (non-hydrogen) atoms. The quantitative estimate of drug-likeness (QED) is 0.605. The lowest BCUT2D eigenvalue weighted by atomic mass is 10.1. The van der Waals surface area contributed by atoms with E-state index in [2.05, 4.69) is 4.90 Å². The monoisotopic (exact) mass is 235 g/mol. The highest BCUT2D eigenvalue weighted by atomic mass is 19.1. The summed E-state index contributed by atoms with van der Waals surface area (Å²) in [6.07, 6.45) is 2.58. The fourth-order valence-electron chi connectivity index (χ4n) is 2.01. The first-order chi connectivity index (χ1) is 8.08. The van der Waals surface area contributed by atoms with E-state index in [0.717, 1.165) is 12.5 Å². The Labute approximate surface area is 101 Å². The molecule has 0 radical (unpaired) electrons. The van der Waals surface area contributed by atoms with Gasteiger partial charge in [-0.3, -0.25) is 5.41 Å². The van der Waals surface area contributed by atoms with Crippen LogP contribution in [0.15, 0.2) is 18.2 Å². The molecule has 3 N–H and O–H groups in total. The minimum absolute atomic E-state index is 0.197. The normalized spacial score (nSPS) is 15.2. The number of amidine groups is 1. The number of nitrogens with one attached hydrogen (secondary N) is 1. The van der Waals surface area contributed by atoms with Crippen LogP contribution in [0.25, 0.3) is 0 Å². The second-order valence-electron chi connectivity index (χ2n) is 4.83. The van der Waals surface area contributed by atoms with Crippen LogP contribution in [-0.2, 0) is 6.54 Å². The van der Waals surface area contributed by atoms with Crippen LogP contribution in [0.5, 0.6) is 0 Å². The highest BCUT2D eigenvalue weighted by Crippen LogP contribution is 2.29. The fraction of sp³-hybridized carbons (Fsp3) is 0.462. The first kappa shape index (κ1) is 12.0. The van der Waals surface area contributed by atoms with Crippen molar-refractivity contribution >= 4 is 5.84 Å². The minimum Gasteiger partial charge on any atom is -0.384 e. The van der Waals surface area contributed by atoms with Gasteiger partial charge in [0.15, 0.2) is 0 Å². The first-order valence-corrected chi connectivity index (χ1v) is 5.88. The molecular formula is C13H18FN3. The number of halogens is 1. The number of hydrogen-bond donors (Lipinski definition) is 2. The Morgan fingerprint density at radius 3 is 2.82 bits per heavy atom. The molecule has 1 fully saturated rings. The molecule has 0 saturated heterocycles. The van der Waals surface area contributed by atoms with Gasteiger partial charge in [0, 0.05) is 18.7 Å². The molecule has 0 heterocycles. The van der Waals surface area contributed by atoms with Crippen LogP contribution in [0, 0.1) is 17.1 Å². The molecule has 1 aromatic carbocycles. The molecule has 3 nitrogen and oxygen atoms in total. The van der Waals surface area contributed by atoms with E-state index in [4.69, 9.17) is 11.1 Å². The largest absolute Gasteiger partial charge is 0.384 e. The number of hydrogen-bond acceptors (Lipinski definition) is 2. The molecule has 0 atom stereocenters. The van der Waals surface area contributed by atoms with Crippen molar-refractivity contribution in [3.63, 3.8) is 0 Å². The summed E-state index contributed by atoms with van der Waals surface area (Å²) < 4.78 is 14.0. The lowest BCUT2D eigenvalue weighted by molar-refractivity contribution is 0.308. The van der Waals surface area contributed by atoms with Crippen LogP contribution in [0.2, 0.25) is 0 Å². The van der Waals surface area contributed by atoms with Crippen molar-refractivity contribution in [2.75, 3.05) is 13.6 Å². The molecule has 0 aromatic heterocycles. The van der Waals surface area contributed by atoms with Crippen LogP contribution in [0.3, 0.4) is 0 Å². The van der Waals surface area contributed by atoms with E-state index in [0.29, 0.717) is 12.1 Å². The molecule has 1 aliphatic rings. The smallest absolute Gasteiger partial charge is 0.138 e. The number of rotatable bonds is 5. The number of nitrogens with zero attached hydrogens (tertiary/aromatic N) is 1. The molecule has 0 bridgehead atoms. The second kappa shape index (κ2) is 4.84. The van der Waals surface area contributed by atoms with E-state index in [-0.39, 0.29) is 17.2 Å². The van der Waals surface area contributed by atoms with Gasteiger partial charge in [0.05, 0.1) is 5.56 Å². The van der Waals surface area contributed by atoms with E-state index < -0.39 is 0 Å². The van der Waals surface area contributed by atoms with E-state index in [9.17, 15) is 4.39 Å². The summed E-state index contributed by atoms with van der Waals surface area (Å²) in [5.74, 6) is 0.218. The van der Waals surface area contributed by atoms with Gasteiger partial charge in [-0.05, 0) is 31.9 Å². The van der Waals surface area contributed by atoms with Gasteiger partial charge in [-0.25, -0.2) is 4.39 Å². The molecule has 92 valence electrons. The molecule has 1 aromatic rings. The Morgan fingerprint density at radius 1 is 1.53 bits per heavy atom. The summed E-state index contributed by atoms with van der Waals surface area (Å²) in [6.45, 7) is 1.59. The van der Waals surface area contributed by atoms with Crippen LogP contribution in [-0.4, -0.2) is 24.3 Å². The third-order valence-electron chi connectivity index (χ3n) is 3.08. The molecule has 4 heteroatoms. The molecular weight excluding hydrogens is 217 g/mol. The lowest BCUT2D eigenvalue weighted by Crippen LogP contribution is -2.22. The molecule has 0 spiro atoms. The Hall–Kier alpha value is -1.42. The van der Waals surface area contributed by atoms with E-state index in [1.165, 1.54) is 12.8 Å². The van der Waals surface area contributed by atoms with Crippen LogP contribution in [0.4, 0.5) is 4.39 Å². The van der Waals surface area contributed by atoms with E-state index in [1.807, 2.05) is 7.05 Å². The topological polar surface area (TPSA) is 53.1 Å². The van der Waals surface area contributed by atoms with Gasteiger partial charge in [0.25, 0.3) is 0 Å². The van der Waals surface area contributed by atoms with Crippen molar-refractivity contribution in [2.45, 2.75) is 19.4 Å². The maximum atomic E-state index is 14.0. The molecule has 1 aliphatic carbocycles. The van der Waals surface area contributed by atoms with Gasteiger partial charge >= 0.3 is 0 Å². The average molecular weight is 235 g/mol. The third kappa shape index (κ3) is 3.03. The van der Waals surface area contributed by atoms with Crippen molar-refractivity contribution in [3.8, 4) is 0 Å². The summed E-state index contributed by atoms with van der Waals surface area (Å²) in [6, 6.07) is 5.05. The molecule has 0 aliphatic heterocycles. The summed E-state index contributed by atoms with van der Waals surface area (Å²) >= 11 is 0. The molecule has 2 rings (SSSR count). The Kier molecular flexibility index (Phi) is 3.43. The van der Waals surface area contributed by atoms with Gasteiger partial charge < -0.3 is 10.6 Å². The molecule has 0 unspecified atom stereocenters. The Bertz CT molecular complexity index is 427. The van der Waals surface area contributed by atoms with Crippen molar-refractivity contribution in [1.29, 1.82) is 5.41 Å². The highest BCUT2D eigenvalue weighted by Gasteiger charge is 2.23. The van der Waals surface area contributed by atoms with Gasteiger partial charge in [-0.15, -0.1) is 0 Å². The number of benzene rings is 1. The van der Waals surface area contributed by atoms with Gasteiger partial charge in [-0.2, -0.15) is 0 Å². The van der Waals surface area contributed by atoms with Crippen molar-refractivity contribution in [3.05, 3.63) is 35.1 Å². The zero-order valence-corrected chi connectivity index (χ0v) is 10.0. The third-order valence-corrected chi connectivity index (χ3v) is 3.08. The zero-order valence-electron chi connectivity index (χ0n) is 10.0. The predicted octanol–water partition coefficient (Wildman–Crippen LogP) is 1.95. The Balaban J connectivity index is 2.08. The maximum Gasteiger partial charge on any atom is 0.138 e. The van der Waals surface area contributed by atoms with Gasteiger partial charge in [0.2, 0.25) is 0 Å². The average Bonchev–Trinajstić information content (AvgIpc) is 3.04. The number of nitrogens with two attached hydrogens (primary N) is 1. The van der Waals surface area contributed by atoms with Crippen molar-refractivity contribution in [2.24, 2.45) is 11.7 Å². The van der Waals surface area contributed by atoms with E-state index >= 15 is 0 Å². The van der Waals surface area contributed by atoms with Crippen molar-refractivity contribution in [1.82, 2.24) is 4.90 Å². The highest BCUT2D eigenvalue weighted by molar-refractivity contribution is 5.95. The summed E-state index contributed by atoms with van der Waals surface area (Å²) in [5.41, 5.74) is 6.14. The second-order valence-corrected chi connectivity index (χ2v) is 4.83. The van der Waals surface area contributed by atoms with Crippen LogP contribution < -0.4 is 5.73 Å². The molecule has 1 saturated carbocycles.